The van der Waals surface area contributed by atoms with Crippen LogP contribution in [0, 0.1) is 15.5 Å². The van der Waals surface area contributed by atoms with Gasteiger partial charge in [0.25, 0.3) is 5.69 Å². The summed E-state index contributed by atoms with van der Waals surface area (Å²) in [6.45, 7) is 3.89. The SMILES string of the molecule is CC1(C)Cc2cc(Nc3cccc([N+](=O)[O-])c3)ccc2C1=O. The number of nitrogens with zero attached hydrogens (tertiary/aromatic N) is 1. The van der Waals surface area contributed by atoms with E-state index < -0.39 is 4.92 Å². The van der Waals surface area contributed by atoms with Crippen LogP contribution in [0.1, 0.15) is 29.8 Å². The molecule has 2 aromatic rings. The molecule has 3 rings (SSSR count). The van der Waals surface area contributed by atoms with Gasteiger partial charge in [-0.1, -0.05) is 19.9 Å². The lowest BCUT2D eigenvalue weighted by atomic mass is 9.89. The monoisotopic (exact) mass is 296 g/mol. The predicted octanol–water partition coefficient (Wildman–Crippen LogP) is 4.10. The van der Waals surface area contributed by atoms with Crippen molar-refractivity contribution in [2.45, 2.75) is 20.3 Å². The van der Waals surface area contributed by atoms with Gasteiger partial charge in [-0.05, 0) is 36.2 Å². The first-order valence-corrected chi connectivity index (χ1v) is 7.06. The van der Waals surface area contributed by atoms with E-state index in [4.69, 9.17) is 0 Å². The molecule has 1 N–H and O–H groups in total. The fourth-order valence-corrected chi connectivity index (χ4v) is 2.82. The lowest BCUT2D eigenvalue weighted by molar-refractivity contribution is -0.384. The number of anilines is 2. The van der Waals surface area contributed by atoms with Crippen molar-refractivity contribution in [1.29, 1.82) is 0 Å². The predicted molar refractivity (Wildman–Crippen MR) is 84.6 cm³/mol. The molecule has 0 aliphatic heterocycles. The Balaban J connectivity index is 1.88. The van der Waals surface area contributed by atoms with Gasteiger partial charge in [0.1, 0.15) is 0 Å². The fraction of sp³-hybridized carbons (Fsp3) is 0.235. The number of carbonyl (C=O) groups excluding carboxylic acids is 1. The van der Waals surface area contributed by atoms with Crippen molar-refractivity contribution in [1.82, 2.24) is 0 Å². The summed E-state index contributed by atoms with van der Waals surface area (Å²) < 4.78 is 0. The van der Waals surface area contributed by atoms with Crippen LogP contribution in [0.15, 0.2) is 42.5 Å². The van der Waals surface area contributed by atoms with Gasteiger partial charge in [0, 0.05) is 34.5 Å². The minimum atomic E-state index is -0.422. The maximum absolute atomic E-state index is 12.2. The number of nitro benzene ring substituents is 1. The van der Waals surface area contributed by atoms with Crippen LogP contribution in [0.2, 0.25) is 0 Å². The first kappa shape index (κ1) is 14.3. The van der Waals surface area contributed by atoms with Crippen LogP contribution < -0.4 is 5.32 Å². The molecule has 0 saturated carbocycles. The second kappa shape index (κ2) is 4.94. The van der Waals surface area contributed by atoms with Crippen LogP contribution in [-0.2, 0) is 6.42 Å². The summed E-state index contributed by atoms with van der Waals surface area (Å²) in [7, 11) is 0. The molecule has 0 aromatic heterocycles. The zero-order chi connectivity index (χ0) is 15.9. The van der Waals surface area contributed by atoms with Gasteiger partial charge in [-0.3, -0.25) is 14.9 Å². The number of benzene rings is 2. The fourth-order valence-electron chi connectivity index (χ4n) is 2.82. The van der Waals surface area contributed by atoms with Gasteiger partial charge in [-0.2, -0.15) is 0 Å². The summed E-state index contributed by atoms with van der Waals surface area (Å²) in [6, 6.07) is 12.0. The Labute approximate surface area is 128 Å². The third kappa shape index (κ3) is 2.45. The molecule has 0 heterocycles. The van der Waals surface area contributed by atoms with E-state index >= 15 is 0 Å². The average molecular weight is 296 g/mol. The Morgan fingerprint density at radius 2 is 1.86 bits per heavy atom. The molecule has 1 aliphatic carbocycles. The molecule has 0 radical (unpaired) electrons. The quantitative estimate of drug-likeness (QED) is 0.683. The normalized spacial score (nSPS) is 15.5. The number of hydrogen-bond acceptors (Lipinski definition) is 4. The number of Topliss-reactive ketones (excluding diaryl/α,β-unsaturated/α-hetero) is 1. The minimum Gasteiger partial charge on any atom is -0.355 e. The van der Waals surface area contributed by atoms with E-state index in [2.05, 4.69) is 5.32 Å². The smallest absolute Gasteiger partial charge is 0.271 e. The van der Waals surface area contributed by atoms with Gasteiger partial charge < -0.3 is 5.32 Å². The summed E-state index contributed by atoms with van der Waals surface area (Å²) in [6.07, 6.45) is 0.714. The highest BCUT2D eigenvalue weighted by Gasteiger charge is 2.37. The summed E-state index contributed by atoms with van der Waals surface area (Å²) in [5.41, 5.74) is 2.96. The van der Waals surface area contributed by atoms with Crippen LogP contribution >= 0.6 is 0 Å². The Morgan fingerprint density at radius 1 is 1.14 bits per heavy atom. The van der Waals surface area contributed by atoms with Crippen molar-refractivity contribution < 1.29 is 9.72 Å². The van der Waals surface area contributed by atoms with Gasteiger partial charge in [0.2, 0.25) is 0 Å². The van der Waals surface area contributed by atoms with E-state index in [0.29, 0.717) is 12.1 Å². The Hall–Kier alpha value is -2.69. The standard InChI is InChI=1S/C17H16N2O3/c1-17(2)10-11-8-13(6-7-15(11)16(17)20)18-12-4-3-5-14(9-12)19(21)22/h3-9,18H,10H2,1-2H3. The van der Waals surface area contributed by atoms with Crippen LogP contribution in [0.25, 0.3) is 0 Å². The highest BCUT2D eigenvalue weighted by molar-refractivity contribution is 6.04. The third-order valence-corrected chi connectivity index (χ3v) is 3.94. The first-order valence-electron chi connectivity index (χ1n) is 7.06. The molecule has 0 saturated heterocycles. The summed E-state index contributed by atoms with van der Waals surface area (Å²) >= 11 is 0. The van der Waals surface area contributed by atoms with Gasteiger partial charge in [0.05, 0.1) is 4.92 Å². The summed E-state index contributed by atoms with van der Waals surface area (Å²) in [4.78, 5) is 22.6. The van der Waals surface area contributed by atoms with E-state index in [1.165, 1.54) is 12.1 Å². The van der Waals surface area contributed by atoms with Crippen molar-refractivity contribution in [3.63, 3.8) is 0 Å². The van der Waals surface area contributed by atoms with Gasteiger partial charge in [0.15, 0.2) is 5.78 Å². The number of nitro groups is 1. The van der Waals surface area contributed by atoms with E-state index in [1.54, 1.807) is 12.1 Å². The van der Waals surface area contributed by atoms with Gasteiger partial charge >= 0.3 is 0 Å². The second-order valence-corrected chi connectivity index (χ2v) is 6.19. The van der Waals surface area contributed by atoms with Crippen LogP contribution in [0.4, 0.5) is 17.1 Å². The molecule has 0 fully saturated rings. The number of nitrogens with one attached hydrogen (secondary N) is 1. The van der Waals surface area contributed by atoms with Crippen molar-refractivity contribution in [3.8, 4) is 0 Å². The number of non-ortho nitro benzene ring substituents is 1. The van der Waals surface area contributed by atoms with Crippen LogP contribution in [0.3, 0.4) is 0 Å². The lowest BCUT2D eigenvalue weighted by Gasteiger charge is -2.13. The molecule has 0 atom stereocenters. The van der Waals surface area contributed by atoms with E-state index in [9.17, 15) is 14.9 Å². The molecule has 1 aliphatic rings. The summed E-state index contributed by atoms with van der Waals surface area (Å²) in [5, 5.41) is 14.0. The van der Waals surface area contributed by atoms with Gasteiger partial charge in [-0.25, -0.2) is 0 Å². The average Bonchev–Trinajstić information content (AvgIpc) is 2.69. The van der Waals surface area contributed by atoms with Crippen molar-refractivity contribution in [2.24, 2.45) is 5.41 Å². The topological polar surface area (TPSA) is 72.2 Å². The number of carbonyl (C=O) groups is 1. The van der Waals surface area contributed by atoms with Crippen molar-refractivity contribution >= 4 is 22.8 Å². The number of rotatable bonds is 3. The highest BCUT2D eigenvalue weighted by Crippen LogP contribution is 2.37. The highest BCUT2D eigenvalue weighted by atomic mass is 16.6. The van der Waals surface area contributed by atoms with Crippen molar-refractivity contribution in [2.75, 3.05) is 5.32 Å². The Kier molecular flexibility index (Phi) is 3.20. The minimum absolute atomic E-state index is 0.0440. The number of ketones is 1. The first-order chi connectivity index (χ1) is 10.4. The zero-order valence-electron chi connectivity index (χ0n) is 12.4. The van der Waals surface area contributed by atoms with Crippen LogP contribution in [-0.4, -0.2) is 10.7 Å². The largest absolute Gasteiger partial charge is 0.355 e. The number of fused-ring (bicyclic) bond motifs is 1. The second-order valence-electron chi connectivity index (χ2n) is 6.19. The van der Waals surface area contributed by atoms with Gasteiger partial charge in [-0.15, -0.1) is 0 Å². The maximum Gasteiger partial charge on any atom is 0.271 e. The molecular weight excluding hydrogens is 280 g/mol. The lowest BCUT2D eigenvalue weighted by Crippen LogP contribution is -2.18. The van der Waals surface area contributed by atoms with E-state index in [-0.39, 0.29) is 16.9 Å². The zero-order valence-corrected chi connectivity index (χ0v) is 12.4. The van der Waals surface area contributed by atoms with Crippen molar-refractivity contribution in [3.05, 3.63) is 63.7 Å². The molecule has 5 heteroatoms. The van der Waals surface area contributed by atoms with E-state index in [1.807, 2.05) is 32.0 Å². The molecule has 5 nitrogen and oxygen atoms in total. The Morgan fingerprint density at radius 3 is 2.59 bits per heavy atom. The Bertz CT molecular complexity index is 781. The van der Waals surface area contributed by atoms with E-state index in [0.717, 1.165) is 16.8 Å². The molecular formula is C17H16N2O3. The maximum atomic E-state index is 12.2. The summed E-state index contributed by atoms with van der Waals surface area (Å²) in [5.74, 6) is 0.171. The number of hydrogen-bond donors (Lipinski definition) is 1. The molecule has 112 valence electrons. The molecule has 0 bridgehead atoms. The molecule has 0 unspecified atom stereocenters. The molecule has 0 spiro atoms. The molecule has 0 amide bonds. The third-order valence-electron chi connectivity index (χ3n) is 3.94. The molecule has 2 aromatic carbocycles. The van der Waals surface area contributed by atoms with Crippen LogP contribution in [0.5, 0.6) is 0 Å². The molecule has 22 heavy (non-hydrogen) atoms.